The van der Waals surface area contributed by atoms with Crippen molar-refractivity contribution in [2.24, 2.45) is 11.8 Å². The molecule has 0 heterocycles. The molecule has 0 N–H and O–H groups in total. The summed E-state index contributed by atoms with van der Waals surface area (Å²) in [7, 11) is 0. The van der Waals surface area contributed by atoms with Gasteiger partial charge >= 0.3 is 65.3 Å². The summed E-state index contributed by atoms with van der Waals surface area (Å²) in [6.07, 6.45) is 0. The van der Waals surface area contributed by atoms with E-state index in [-0.39, 0.29) is 0 Å². The van der Waals surface area contributed by atoms with Gasteiger partial charge in [0, 0.05) is 0 Å². The maximum absolute atomic E-state index is 8.57. The summed E-state index contributed by atoms with van der Waals surface area (Å²) in [6, 6.07) is 0. The van der Waals surface area contributed by atoms with Gasteiger partial charge in [0.05, 0.1) is 0 Å². The third-order valence-electron chi connectivity index (χ3n) is 1.28. The predicted octanol–water partition coefficient (Wildman–Crippen LogP) is -3.72. The molecule has 0 aliphatic rings. The number of hydrogen-bond acceptors (Lipinski definition) is 3. The van der Waals surface area contributed by atoms with E-state index < -0.39 is 21.1 Å². The molecule has 0 saturated heterocycles. The summed E-state index contributed by atoms with van der Waals surface area (Å²) in [5.41, 5.74) is 0. The van der Waals surface area contributed by atoms with Crippen LogP contribution < -0.4 is 31.4 Å². The molecular formula is C8H18AlIO3. The van der Waals surface area contributed by atoms with Gasteiger partial charge in [0.25, 0.3) is 21.1 Å². The fraction of sp³-hybridized carbons (Fsp3) is 1.00. The van der Waals surface area contributed by atoms with Crippen molar-refractivity contribution < 1.29 is 31.4 Å². The maximum Gasteiger partial charge on any atom is 0.282 e. The van der Waals surface area contributed by atoms with Gasteiger partial charge in [-0.25, -0.2) is 0 Å². The Balaban J connectivity index is 0. The molecule has 0 unspecified atom stereocenters. The van der Waals surface area contributed by atoms with Gasteiger partial charge in [-0.2, -0.15) is 0 Å². The quantitative estimate of drug-likeness (QED) is 0.396. The van der Waals surface area contributed by atoms with Gasteiger partial charge in [0.2, 0.25) is 0 Å². The summed E-state index contributed by atoms with van der Waals surface area (Å²) >= 11 is -3.26. The summed E-state index contributed by atoms with van der Waals surface area (Å²) in [5.74, 6) is 1.86. The van der Waals surface area contributed by atoms with E-state index in [1.807, 2.05) is 0 Å². The van der Waals surface area contributed by atoms with Crippen molar-refractivity contribution in [3.05, 3.63) is 0 Å². The van der Waals surface area contributed by atoms with E-state index in [1.165, 1.54) is 10.6 Å². The molecule has 0 aliphatic heterocycles. The van der Waals surface area contributed by atoms with E-state index in [1.54, 1.807) is 0 Å². The fourth-order valence-corrected chi connectivity index (χ4v) is 2.29. The molecule has 5 heteroatoms. The molecular weight excluding hydrogens is 298 g/mol. The molecule has 0 rings (SSSR count). The third kappa shape index (κ3) is 32.0. The Bertz CT molecular complexity index is 88.6. The van der Waals surface area contributed by atoms with E-state index in [0.29, 0.717) is 0 Å². The minimum Gasteiger partial charge on any atom is -0.427 e. The first-order valence-electron chi connectivity index (χ1n) is 4.41. The second-order valence-corrected chi connectivity index (χ2v) is 6.34. The molecule has 78 valence electrons. The molecule has 0 spiro atoms. The van der Waals surface area contributed by atoms with Crippen molar-refractivity contribution >= 4 is 15.2 Å². The summed E-state index contributed by atoms with van der Waals surface area (Å²) < 4.78 is 25.7. The SMILES string of the molecule is CC(C)[CH2][Al+][CH2]C(C)C.[O-][I+2]([O-])[O-]. The molecule has 13 heavy (non-hydrogen) atoms. The van der Waals surface area contributed by atoms with Crippen molar-refractivity contribution in [3.8, 4) is 0 Å². The van der Waals surface area contributed by atoms with Crippen LogP contribution in [0.1, 0.15) is 27.7 Å². The molecule has 0 aliphatic carbocycles. The van der Waals surface area contributed by atoms with Crippen LogP contribution in [-0.2, 0) is 0 Å². The first kappa shape index (κ1) is 16.6. The Labute approximate surface area is 96.3 Å². The molecule has 0 aromatic heterocycles. The first-order chi connectivity index (χ1) is 5.86. The molecule has 0 amide bonds. The second-order valence-electron chi connectivity index (χ2n) is 3.74. The molecule has 0 bridgehead atoms. The zero-order valence-corrected chi connectivity index (χ0v) is 12.1. The number of halogens is 1. The second kappa shape index (κ2) is 11.2. The van der Waals surface area contributed by atoms with Gasteiger partial charge in [-0.1, -0.05) is 0 Å². The third-order valence-corrected chi connectivity index (χ3v) is 3.83. The monoisotopic (exact) mass is 316 g/mol. The molecule has 0 saturated carbocycles. The van der Waals surface area contributed by atoms with Crippen LogP contribution in [0.4, 0.5) is 0 Å². The van der Waals surface area contributed by atoms with Crippen LogP contribution in [0.5, 0.6) is 0 Å². The van der Waals surface area contributed by atoms with Crippen LogP contribution in [0.2, 0.25) is 10.6 Å². The molecule has 3 nitrogen and oxygen atoms in total. The minimum absolute atomic E-state index is 0.755. The van der Waals surface area contributed by atoms with Crippen LogP contribution in [-0.4, -0.2) is 15.2 Å². The number of rotatable bonds is 4. The van der Waals surface area contributed by atoms with Gasteiger partial charge in [-0.05, 0) is 0 Å². The zero-order chi connectivity index (χ0) is 10.9. The molecule has 0 atom stereocenters. The average molecular weight is 316 g/mol. The van der Waals surface area contributed by atoms with E-state index in [0.717, 1.165) is 27.1 Å². The summed E-state index contributed by atoms with van der Waals surface area (Å²) in [4.78, 5) is 0. The van der Waals surface area contributed by atoms with Crippen LogP contribution in [0, 0.1) is 11.8 Å². The van der Waals surface area contributed by atoms with Gasteiger partial charge in [-0.3, -0.25) is 0 Å². The van der Waals surface area contributed by atoms with Crippen molar-refractivity contribution in [2.45, 2.75) is 38.3 Å². The fourth-order valence-electron chi connectivity index (χ4n) is 0.763. The normalized spacial score (nSPS) is 10.0. The van der Waals surface area contributed by atoms with Crippen molar-refractivity contribution in [1.29, 1.82) is 0 Å². The van der Waals surface area contributed by atoms with Crippen LogP contribution in [0.3, 0.4) is 0 Å². The van der Waals surface area contributed by atoms with Gasteiger partial charge < -0.3 is 10.3 Å². The van der Waals surface area contributed by atoms with Gasteiger partial charge in [0.1, 0.15) is 0 Å². The Kier molecular flexibility index (Phi) is 14.3. The smallest absolute Gasteiger partial charge is 0.282 e. The van der Waals surface area contributed by atoms with E-state index >= 15 is 0 Å². The molecule has 0 aromatic carbocycles. The van der Waals surface area contributed by atoms with E-state index in [9.17, 15) is 0 Å². The average Bonchev–Trinajstić information content (AvgIpc) is 1.83. The standard InChI is InChI=1S/2C4H9.Al.IO3/c2*1-4(2)3;;2-1(3)4/h2*4H,1H2,2-3H3;;/q;;+1;-1. The van der Waals surface area contributed by atoms with Crippen molar-refractivity contribution in [2.75, 3.05) is 0 Å². The summed E-state index contributed by atoms with van der Waals surface area (Å²) in [6.45, 7) is 9.25. The first-order valence-corrected chi connectivity index (χ1v) is 8.68. The van der Waals surface area contributed by atoms with Crippen molar-refractivity contribution in [1.82, 2.24) is 0 Å². The van der Waals surface area contributed by atoms with Gasteiger partial charge in [0.15, 0.2) is 0 Å². The zero-order valence-electron chi connectivity index (χ0n) is 8.75. The molecule has 0 radical (unpaired) electrons. The van der Waals surface area contributed by atoms with E-state index in [4.69, 9.17) is 10.3 Å². The Morgan fingerprint density at radius 2 is 1.15 bits per heavy atom. The van der Waals surface area contributed by atoms with Gasteiger partial charge in [-0.15, -0.1) is 0 Å². The molecule has 0 fully saturated rings. The van der Waals surface area contributed by atoms with Crippen molar-refractivity contribution in [3.63, 3.8) is 0 Å². The topological polar surface area (TPSA) is 69.2 Å². The van der Waals surface area contributed by atoms with Crippen LogP contribution >= 0.6 is 0 Å². The Morgan fingerprint density at radius 1 is 0.923 bits per heavy atom. The largest absolute Gasteiger partial charge is 0.427 e. The van der Waals surface area contributed by atoms with Crippen LogP contribution in [0.15, 0.2) is 0 Å². The van der Waals surface area contributed by atoms with Crippen LogP contribution in [0.25, 0.3) is 0 Å². The van der Waals surface area contributed by atoms with E-state index in [2.05, 4.69) is 27.7 Å². The summed E-state index contributed by atoms with van der Waals surface area (Å²) in [5, 5.41) is 2.97. The maximum atomic E-state index is 8.57. The Morgan fingerprint density at radius 3 is 1.31 bits per heavy atom. The molecule has 0 aromatic rings. The minimum atomic E-state index is -4.01. The predicted molar refractivity (Wildman–Crippen MR) is 45.0 cm³/mol. The Hall–Kier alpha value is 1.14. The number of hydrogen-bond donors (Lipinski definition) is 0.